The number of benzene rings is 3. The molecule has 1 atom stereocenters. The number of ether oxygens (including phenoxy) is 2. The van der Waals surface area contributed by atoms with Crippen molar-refractivity contribution in [1.82, 2.24) is 0 Å². The van der Waals surface area contributed by atoms with Gasteiger partial charge >= 0.3 is 12.1 Å². The highest BCUT2D eigenvalue weighted by Crippen LogP contribution is 2.26. The average molecular weight is 436 g/mol. The van der Waals surface area contributed by atoms with Crippen molar-refractivity contribution >= 4 is 29.3 Å². The molecule has 3 rings (SSSR count). The average Bonchev–Trinajstić information content (AvgIpc) is 2.83. The summed E-state index contributed by atoms with van der Waals surface area (Å²) < 4.78 is 23.5. The molecule has 0 aliphatic rings. The van der Waals surface area contributed by atoms with Crippen molar-refractivity contribution in [2.45, 2.75) is 6.10 Å². The van der Waals surface area contributed by atoms with E-state index in [1.165, 1.54) is 44.5 Å². The van der Waals surface area contributed by atoms with Crippen LogP contribution in [0.4, 0.5) is 20.6 Å². The maximum absolute atomic E-state index is 13.2. The summed E-state index contributed by atoms with van der Waals surface area (Å²) in [5.74, 6) is -1.87. The minimum atomic E-state index is -1.29. The summed E-state index contributed by atoms with van der Waals surface area (Å²) >= 11 is 0. The molecule has 0 aliphatic carbocycles. The second kappa shape index (κ2) is 10.2. The van der Waals surface area contributed by atoms with E-state index in [1.807, 2.05) is 0 Å². The highest BCUT2D eigenvalue weighted by molar-refractivity contribution is 6.02. The number of methoxy groups -OCH3 is 1. The van der Waals surface area contributed by atoms with Gasteiger partial charge in [0.15, 0.2) is 0 Å². The molecular formula is C24H21FN2O5. The smallest absolute Gasteiger partial charge is 0.413 e. The second-order valence-corrected chi connectivity index (χ2v) is 6.74. The van der Waals surface area contributed by atoms with Gasteiger partial charge in [-0.3, -0.25) is 9.69 Å². The van der Waals surface area contributed by atoms with Gasteiger partial charge in [-0.15, -0.1) is 0 Å². The quantitative estimate of drug-likeness (QED) is 0.573. The minimum absolute atomic E-state index is 0.0795. The van der Waals surface area contributed by atoms with Gasteiger partial charge in [-0.1, -0.05) is 42.5 Å². The molecule has 0 aliphatic heterocycles. The van der Waals surface area contributed by atoms with Gasteiger partial charge in [0.05, 0.1) is 18.4 Å². The Hall–Kier alpha value is -4.20. The zero-order valence-corrected chi connectivity index (χ0v) is 17.4. The third-order valence-corrected chi connectivity index (χ3v) is 4.61. The van der Waals surface area contributed by atoms with Crippen molar-refractivity contribution in [2.24, 2.45) is 0 Å². The van der Waals surface area contributed by atoms with Gasteiger partial charge in [0.1, 0.15) is 5.82 Å². The molecule has 8 heteroatoms. The normalized spacial score (nSPS) is 11.2. The first-order valence-corrected chi connectivity index (χ1v) is 9.63. The van der Waals surface area contributed by atoms with Gasteiger partial charge in [0, 0.05) is 18.3 Å². The summed E-state index contributed by atoms with van der Waals surface area (Å²) in [6.07, 6.45) is -1.95. The summed E-state index contributed by atoms with van der Waals surface area (Å²) in [5, 5.41) is 2.62. The van der Waals surface area contributed by atoms with Crippen LogP contribution in [0.5, 0.6) is 0 Å². The van der Waals surface area contributed by atoms with E-state index in [2.05, 4.69) is 5.32 Å². The maximum atomic E-state index is 13.2. The van der Waals surface area contributed by atoms with Crippen LogP contribution in [-0.4, -0.2) is 32.1 Å². The van der Waals surface area contributed by atoms with Crippen LogP contribution in [0.15, 0.2) is 78.9 Å². The molecule has 0 aromatic heterocycles. The highest BCUT2D eigenvalue weighted by atomic mass is 19.1. The summed E-state index contributed by atoms with van der Waals surface area (Å²) in [4.78, 5) is 39.1. The number of hydrogen-bond acceptors (Lipinski definition) is 5. The van der Waals surface area contributed by atoms with Gasteiger partial charge in [0.25, 0.3) is 5.91 Å². The lowest BCUT2D eigenvalue weighted by Gasteiger charge is -2.21. The fourth-order valence-corrected chi connectivity index (χ4v) is 2.99. The maximum Gasteiger partial charge on any atom is 0.413 e. The van der Waals surface area contributed by atoms with Gasteiger partial charge in [-0.25, -0.2) is 14.0 Å². The Morgan fingerprint density at radius 3 is 2.19 bits per heavy atom. The Kier molecular flexibility index (Phi) is 7.17. The molecular weight excluding hydrogens is 415 g/mol. The Balaban J connectivity index is 1.89. The standard InChI is InChI=1S/C24H21FN2O5/c1-27(24(30)31-2)20-11-7-6-10-19(20)23(29)32-21(16-8-4-3-5-9-16)22(28)26-18-14-12-17(25)13-15-18/h3-15,21H,1-2H3,(H,26,28)/t21-/m1/s1. The number of nitrogens with zero attached hydrogens (tertiary/aromatic N) is 1. The van der Waals surface area contributed by atoms with Gasteiger partial charge < -0.3 is 14.8 Å². The number of para-hydroxylation sites is 1. The van der Waals surface area contributed by atoms with E-state index in [9.17, 15) is 18.8 Å². The van der Waals surface area contributed by atoms with Crippen LogP contribution in [0, 0.1) is 5.82 Å². The number of amides is 2. The van der Waals surface area contributed by atoms with Crippen molar-refractivity contribution in [2.75, 3.05) is 24.4 Å². The topological polar surface area (TPSA) is 84.9 Å². The van der Waals surface area contributed by atoms with Crippen molar-refractivity contribution in [1.29, 1.82) is 0 Å². The molecule has 0 heterocycles. The number of halogens is 1. The largest absolute Gasteiger partial charge is 0.452 e. The summed E-state index contributed by atoms with van der Waals surface area (Å²) in [6, 6.07) is 20.0. The Morgan fingerprint density at radius 2 is 1.53 bits per heavy atom. The SMILES string of the molecule is COC(=O)N(C)c1ccccc1C(=O)O[C@@H](C(=O)Nc1ccc(F)cc1)c1ccccc1. The number of anilines is 2. The molecule has 0 fully saturated rings. The minimum Gasteiger partial charge on any atom is -0.452 e. The molecule has 32 heavy (non-hydrogen) atoms. The van der Waals surface area contributed by atoms with Crippen LogP contribution in [0.25, 0.3) is 0 Å². The highest BCUT2D eigenvalue weighted by Gasteiger charge is 2.28. The Bertz CT molecular complexity index is 1100. The summed E-state index contributed by atoms with van der Waals surface area (Å²) in [7, 11) is 2.68. The van der Waals surface area contributed by atoms with Gasteiger partial charge in [0.2, 0.25) is 6.10 Å². The van der Waals surface area contributed by atoms with E-state index in [4.69, 9.17) is 9.47 Å². The third-order valence-electron chi connectivity index (χ3n) is 4.61. The Morgan fingerprint density at radius 1 is 0.906 bits per heavy atom. The lowest BCUT2D eigenvalue weighted by atomic mass is 10.1. The summed E-state index contributed by atoms with van der Waals surface area (Å²) in [5.41, 5.74) is 1.13. The summed E-state index contributed by atoms with van der Waals surface area (Å²) in [6.45, 7) is 0. The van der Waals surface area contributed by atoms with E-state index in [-0.39, 0.29) is 11.3 Å². The van der Waals surface area contributed by atoms with Crippen LogP contribution in [0.2, 0.25) is 0 Å². The van der Waals surface area contributed by atoms with E-state index < -0.39 is 29.9 Å². The number of carbonyl (C=O) groups excluding carboxylic acids is 3. The molecule has 0 spiro atoms. The molecule has 0 radical (unpaired) electrons. The number of nitrogens with one attached hydrogen (secondary N) is 1. The molecule has 3 aromatic rings. The van der Waals surface area contributed by atoms with E-state index in [0.717, 1.165) is 4.90 Å². The Labute approximate surface area is 184 Å². The molecule has 7 nitrogen and oxygen atoms in total. The number of hydrogen-bond donors (Lipinski definition) is 1. The lowest BCUT2D eigenvalue weighted by Crippen LogP contribution is -2.29. The molecule has 0 saturated carbocycles. The lowest BCUT2D eigenvalue weighted by molar-refractivity contribution is -0.125. The van der Waals surface area contributed by atoms with Crippen molar-refractivity contribution in [3.8, 4) is 0 Å². The van der Waals surface area contributed by atoms with Crippen molar-refractivity contribution in [3.63, 3.8) is 0 Å². The van der Waals surface area contributed by atoms with Gasteiger partial charge in [-0.05, 0) is 36.4 Å². The molecule has 3 aromatic carbocycles. The van der Waals surface area contributed by atoms with Crippen molar-refractivity contribution < 1.29 is 28.2 Å². The molecule has 0 unspecified atom stereocenters. The monoisotopic (exact) mass is 436 g/mol. The van der Waals surface area contributed by atoms with Crippen molar-refractivity contribution in [3.05, 3.63) is 95.8 Å². The predicted octanol–water partition coefficient (Wildman–Crippen LogP) is 4.57. The fraction of sp³-hybridized carbons (Fsp3) is 0.125. The molecule has 164 valence electrons. The number of esters is 1. The number of rotatable bonds is 6. The first-order chi connectivity index (χ1) is 15.4. The first kappa shape index (κ1) is 22.5. The van der Waals surface area contributed by atoms with Crippen LogP contribution in [-0.2, 0) is 14.3 Å². The third kappa shape index (κ3) is 5.28. The van der Waals surface area contributed by atoms with Gasteiger partial charge in [-0.2, -0.15) is 0 Å². The first-order valence-electron chi connectivity index (χ1n) is 9.63. The zero-order valence-electron chi connectivity index (χ0n) is 17.4. The van der Waals surface area contributed by atoms with E-state index >= 15 is 0 Å². The van der Waals surface area contributed by atoms with Crippen LogP contribution >= 0.6 is 0 Å². The molecule has 1 N–H and O–H groups in total. The second-order valence-electron chi connectivity index (χ2n) is 6.74. The molecule has 2 amide bonds. The molecule has 0 bridgehead atoms. The fourth-order valence-electron chi connectivity index (χ4n) is 2.99. The van der Waals surface area contributed by atoms with Crippen LogP contribution in [0.3, 0.4) is 0 Å². The van der Waals surface area contributed by atoms with Crippen LogP contribution in [0.1, 0.15) is 22.0 Å². The predicted molar refractivity (Wildman–Crippen MR) is 117 cm³/mol. The zero-order chi connectivity index (χ0) is 23.1. The van der Waals surface area contributed by atoms with E-state index in [1.54, 1.807) is 48.5 Å². The molecule has 0 saturated heterocycles. The van der Waals surface area contributed by atoms with E-state index in [0.29, 0.717) is 11.3 Å². The van der Waals surface area contributed by atoms with Crippen LogP contribution < -0.4 is 10.2 Å². The number of carbonyl (C=O) groups is 3.